The molecule has 11 heterocycles. The standard InChI is InChI=1S/C28H22NO6P.C10H13FN5O7P.C9H10FN3O4.C9H11FN2O5.C4H3FN2O2.Au.H3N/c1-17-20-11-6-5-10-19(20)14-29-15-22-25(26(17)29)27(30)21-12-7-13-23(24(21)28(22)31)35-36(32,33)34-16-18-8-3-2-4-9-18;11-10-14-7(12)4-8(15-10)16(2-13-4)9-6(18)5(17)3(23-9)1-22-24(19,20)21;10-3-1-13-8-6(5(15)4(2-14)16-8)17-9(13)12-7(3)11;10-4-2-12(9(16)11-8(4)15)7-1-5(14)6(3-13)17-7;5-2-1-6-4(9)7-3(2)8;;/h2-13,15,17H,14,16H2,1H3,(H,32,33);2-3,5-6,9,17-18H,1H2,(H2,12,14,15)(H2,19,20,21);1,4-6,8,11,14-15H,2H2;2,5-7,13-14H,1,3H2,(H,11,15,16);1H,(H2,6,7,8,9);;1H3/t;3-,5-,6+,9-;4-,5-,6+,8-;5-,6+,7+;;;/m.110.../s1. The van der Waals surface area contributed by atoms with E-state index in [0.29, 0.717) is 23.9 Å². The summed E-state index contributed by atoms with van der Waals surface area (Å²) in [6, 6.07) is 21.4. The molecule has 13 atom stereocenters. The molecule has 2 unspecified atom stereocenters. The Morgan fingerprint density at radius 1 is 0.714 bits per heavy atom. The normalized spacial score (nSPS) is 23.3. The number of nitrogens with one attached hydrogen (secondary N) is 4. The van der Waals surface area contributed by atoms with Crippen molar-refractivity contribution < 1.29 is 136 Å². The number of aromatic nitrogens is 11. The zero-order chi connectivity index (χ0) is 74.3. The van der Waals surface area contributed by atoms with Crippen LogP contribution in [0.15, 0.2) is 123 Å². The number of aliphatic hydroxyl groups is 6. The molecular formula is C60H62AuF4N14O24P2. The van der Waals surface area contributed by atoms with Gasteiger partial charge in [-0.2, -0.15) is 28.1 Å². The molecule has 18 N–H and O–H groups in total. The third-order valence-electron chi connectivity index (χ3n) is 16.6. The van der Waals surface area contributed by atoms with E-state index in [1.54, 1.807) is 46.5 Å². The summed E-state index contributed by atoms with van der Waals surface area (Å²) in [4.78, 5) is 117. The van der Waals surface area contributed by atoms with Crippen molar-refractivity contribution in [2.24, 2.45) is 0 Å². The van der Waals surface area contributed by atoms with Crippen LogP contribution < -0.4 is 49.1 Å². The number of imidazole rings is 1. The van der Waals surface area contributed by atoms with Crippen molar-refractivity contribution in [3.63, 3.8) is 0 Å². The van der Waals surface area contributed by atoms with Gasteiger partial charge in [-0.15, -0.1) is 0 Å². The van der Waals surface area contributed by atoms with Crippen molar-refractivity contribution in [3.05, 3.63) is 219 Å². The van der Waals surface area contributed by atoms with Crippen LogP contribution in [0.4, 0.5) is 23.4 Å². The number of hydrogen-bond acceptors (Lipinski definition) is 28. The van der Waals surface area contributed by atoms with Crippen molar-refractivity contribution in [2.75, 3.05) is 25.6 Å². The predicted molar refractivity (Wildman–Crippen MR) is 341 cm³/mol. The van der Waals surface area contributed by atoms with E-state index in [2.05, 4.69) is 24.5 Å². The Morgan fingerprint density at radius 3 is 2.06 bits per heavy atom. The first-order valence-corrected chi connectivity index (χ1v) is 33.4. The van der Waals surface area contributed by atoms with Gasteiger partial charge < -0.3 is 85.3 Å². The summed E-state index contributed by atoms with van der Waals surface area (Å²) in [5, 5.41) is 64.3. The smallest absolute Gasteiger partial charge is 0.454 e. The molecular weight excluding hydrogens is 1640 g/mol. The van der Waals surface area contributed by atoms with Crippen LogP contribution >= 0.6 is 15.6 Å². The van der Waals surface area contributed by atoms with Crippen molar-refractivity contribution >= 4 is 44.2 Å². The average molecular weight is 1700 g/mol. The van der Waals surface area contributed by atoms with E-state index in [1.165, 1.54) is 16.7 Å². The van der Waals surface area contributed by atoms with E-state index in [0.717, 1.165) is 44.7 Å². The molecule has 0 spiro atoms. The molecule has 6 aliphatic rings. The molecule has 9 aromatic rings. The number of hydrogen-bond donors (Lipinski definition) is 15. The molecule has 0 amide bonds. The molecule has 105 heavy (non-hydrogen) atoms. The second-order valence-corrected chi connectivity index (χ2v) is 25.8. The number of nitrogens with zero attached hydrogens (tertiary/aromatic N) is 8. The number of benzene rings is 3. The molecule has 45 heteroatoms. The number of carbonyl (C=O) groups excluding carboxylic acids is 2. The number of rotatable bonds is 12. The van der Waals surface area contributed by atoms with Gasteiger partial charge in [-0.05, 0) is 22.8 Å². The minimum atomic E-state index is -4.78. The number of halogens is 4. The maximum atomic E-state index is 13.7. The summed E-state index contributed by atoms with van der Waals surface area (Å²) in [5.41, 5.74) is 5.90. The predicted octanol–water partition coefficient (Wildman–Crippen LogP) is -0.0594. The van der Waals surface area contributed by atoms with Crippen molar-refractivity contribution in [3.8, 4) is 11.8 Å². The van der Waals surface area contributed by atoms with Crippen LogP contribution in [0.5, 0.6) is 11.8 Å². The Morgan fingerprint density at radius 2 is 1.38 bits per heavy atom. The molecule has 3 fully saturated rings. The molecule has 15 rings (SSSR count). The van der Waals surface area contributed by atoms with E-state index < -0.39 is 154 Å². The van der Waals surface area contributed by atoms with Gasteiger partial charge in [-0.25, -0.2) is 28.1 Å². The van der Waals surface area contributed by atoms with Crippen LogP contribution in [0.3, 0.4) is 0 Å². The molecule has 3 aromatic carbocycles. The molecule has 5 aliphatic heterocycles. The van der Waals surface area contributed by atoms with Gasteiger partial charge in [-0.1, -0.05) is 73.7 Å². The van der Waals surface area contributed by atoms with E-state index >= 15 is 0 Å². The average Bonchev–Trinajstić information content (AvgIpc) is 1.58. The van der Waals surface area contributed by atoms with E-state index in [4.69, 9.17) is 59.1 Å². The van der Waals surface area contributed by atoms with Gasteiger partial charge in [0.1, 0.15) is 48.6 Å². The van der Waals surface area contributed by atoms with Crippen molar-refractivity contribution in [2.45, 2.75) is 99.9 Å². The maximum absolute atomic E-state index is 13.7. The molecule has 38 nitrogen and oxygen atoms in total. The Labute approximate surface area is 599 Å². The van der Waals surface area contributed by atoms with Gasteiger partial charge in [-0.3, -0.25) is 62.2 Å². The van der Waals surface area contributed by atoms with Crippen LogP contribution in [0.1, 0.15) is 92.2 Å². The molecule has 565 valence electrons. The second kappa shape index (κ2) is 32.7. The third kappa shape index (κ3) is 17.0. The number of anilines is 1. The maximum Gasteiger partial charge on any atom is 0.527 e. The van der Waals surface area contributed by atoms with Crippen LogP contribution in [-0.2, 0) is 67.9 Å². The fourth-order valence-corrected chi connectivity index (χ4v) is 12.8. The number of phosphoric ester groups is 2. The van der Waals surface area contributed by atoms with Crippen LogP contribution in [-0.4, -0.2) is 179 Å². The zero-order valence-electron chi connectivity index (χ0n) is 53.7. The number of aliphatic hydroxyl groups excluding tert-OH is 6. The van der Waals surface area contributed by atoms with Gasteiger partial charge in [0.2, 0.25) is 11.6 Å². The number of aromatic amines is 3. The number of phosphoric acid groups is 2. The first-order chi connectivity index (χ1) is 48.8. The zero-order valence-corrected chi connectivity index (χ0v) is 57.7. The van der Waals surface area contributed by atoms with Gasteiger partial charge in [0, 0.05) is 64.9 Å². The summed E-state index contributed by atoms with van der Waals surface area (Å²) in [6.45, 7) is 1.02. The number of nitrogens with two attached hydrogens (primary N) is 1. The van der Waals surface area contributed by atoms with Crippen molar-refractivity contribution in [1.29, 1.82) is 5.41 Å². The number of carbonyl (C=O) groups is 2. The monoisotopic (exact) mass is 1700 g/mol. The Kier molecular flexibility index (Phi) is 24.8. The quantitative estimate of drug-likeness (QED) is 0.0330. The van der Waals surface area contributed by atoms with Crippen LogP contribution in [0.25, 0.3) is 11.2 Å². The van der Waals surface area contributed by atoms with Gasteiger partial charge in [0.25, 0.3) is 11.1 Å². The van der Waals surface area contributed by atoms with E-state index in [-0.39, 0.29) is 105 Å². The van der Waals surface area contributed by atoms with Gasteiger partial charge >= 0.3 is 39.1 Å². The third-order valence-corrected chi connectivity index (χ3v) is 17.9. The van der Waals surface area contributed by atoms with Crippen LogP contribution in [0.2, 0.25) is 0 Å². The summed E-state index contributed by atoms with van der Waals surface area (Å²) in [7, 11) is -9.36. The topological polar surface area (TPSA) is 587 Å². The Hall–Kier alpha value is -9.21. The number of H-pyrrole nitrogens is 3. The number of ether oxygens (including phenoxy) is 4. The summed E-state index contributed by atoms with van der Waals surface area (Å²) >= 11 is 0. The SMILES string of the molecule is CC1c2ccccc2Cn2cc3c(c21)C(=O)c1cccc(OP(=O)(O)OCc2ccccc2)c1C3=O.N.N=c1nc2n(cc1F)[C@@H]1O[C@H](CO)[C@@H](O)[C@@H]1O2.Nc1nc(F)nc2c1ncn2[C@@H]1O[C@H](COP(=O)(O)O)[C@@H](O)[C@@H]1O.O=c1[nH]c(=O)n([C@H]2C[C@H](O)[C@@H](CO)O2)cc1F.O=c1[nH]cc(F)c(=O)[nH]1.[Au]. The van der Waals surface area contributed by atoms with E-state index in [9.17, 15) is 80.8 Å². The van der Waals surface area contributed by atoms with Crippen LogP contribution in [0, 0.1) is 28.9 Å². The largest absolute Gasteiger partial charge is 0.527 e. The summed E-state index contributed by atoms with van der Waals surface area (Å²) < 4.78 is 116. The second-order valence-electron chi connectivity index (χ2n) is 23.2. The Bertz CT molecular complexity index is 5140. The fourth-order valence-electron chi connectivity index (χ4n) is 11.7. The fraction of sp³-hybridized carbons (Fsp3) is 0.317. The molecule has 0 bridgehead atoms. The van der Waals surface area contributed by atoms with Gasteiger partial charge in [0.15, 0.2) is 58.4 Å². The first-order valence-electron chi connectivity index (χ1n) is 30.3. The first kappa shape index (κ1) is 79.9. The Balaban J connectivity index is 0.000000162. The molecule has 6 aromatic heterocycles. The molecule has 0 saturated carbocycles. The number of nitrogen functional groups attached to an aromatic ring is 1. The molecule has 1 radical (unpaired) electrons. The summed E-state index contributed by atoms with van der Waals surface area (Å²) in [6.07, 6.45) is -7.13. The number of ketones is 2. The minimum Gasteiger partial charge on any atom is -0.454 e. The molecule has 3 saturated heterocycles. The number of fused-ring (bicyclic) bond motifs is 9. The van der Waals surface area contributed by atoms with Gasteiger partial charge in [0.05, 0.1) is 67.9 Å². The molecule has 1 aliphatic carbocycles. The van der Waals surface area contributed by atoms with Crippen molar-refractivity contribution in [1.82, 2.24) is 59.3 Å². The van der Waals surface area contributed by atoms with E-state index in [1.807, 2.05) is 46.8 Å². The minimum absolute atomic E-state index is 0. The summed E-state index contributed by atoms with van der Waals surface area (Å²) in [5.74, 6) is -4.07.